The zero-order valence-electron chi connectivity index (χ0n) is 20.0. The van der Waals surface area contributed by atoms with Crippen LogP contribution in [0.4, 0.5) is 36.6 Å². The SMILES string of the molecule is COC(=O)c1ccc(NC(=O)c2c(Oc3ccc(OC(F)(F)F)cc3OC(O)(O)O)ccc(C(F)(F)F)c2F)nc1. The Labute approximate surface area is 223 Å². The number of hydrogen-bond donors (Lipinski definition) is 4. The van der Waals surface area contributed by atoms with Gasteiger partial charge in [0.1, 0.15) is 22.9 Å². The Balaban J connectivity index is 2.07. The number of pyridine rings is 1. The zero-order valence-corrected chi connectivity index (χ0v) is 20.0. The molecule has 0 saturated carbocycles. The van der Waals surface area contributed by atoms with Crippen LogP contribution >= 0.6 is 0 Å². The summed E-state index contributed by atoms with van der Waals surface area (Å²) in [5, 5.41) is 29.3. The van der Waals surface area contributed by atoms with Crippen LogP contribution in [0.25, 0.3) is 0 Å². The molecule has 0 fully saturated rings. The van der Waals surface area contributed by atoms with Gasteiger partial charge in [0.25, 0.3) is 5.91 Å². The molecule has 11 nitrogen and oxygen atoms in total. The maximum Gasteiger partial charge on any atom is 0.573 e. The molecule has 2 aromatic carbocycles. The first-order valence-corrected chi connectivity index (χ1v) is 10.6. The molecule has 1 heterocycles. The van der Waals surface area contributed by atoms with E-state index in [1.807, 2.05) is 5.32 Å². The van der Waals surface area contributed by atoms with E-state index >= 15 is 4.39 Å². The van der Waals surface area contributed by atoms with Gasteiger partial charge in [0.15, 0.2) is 17.3 Å². The third kappa shape index (κ3) is 8.16. The fourth-order valence-electron chi connectivity index (χ4n) is 3.07. The molecule has 3 aromatic rings. The number of nitrogens with one attached hydrogen (secondary N) is 1. The van der Waals surface area contributed by atoms with E-state index in [2.05, 4.69) is 19.2 Å². The van der Waals surface area contributed by atoms with E-state index in [0.29, 0.717) is 24.3 Å². The highest BCUT2D eigenvalue weighted by molar-refractivity contribution is 6.06. The van der Waals surface area contributed by atoms with Crippen molar-refractivity contribution < 1.29 is 74.6 Å². The van der Waals surface area contributed by atoms with Gasteiger partial charge in [0, 0.05) is 12.3 Å². The summed E-state index contributed by atoms with van der Waals surface area (Å²) in [6.45, 7) is 0. The Morgan fingerprint density at radius 2 is 1.54 bits per heavy atom. The van der Waals surface area contributed by atoms with Crippen molar-refractivity contribution in [2.24, 2.45) is 0 Å². The Kier molecular flexibility index (Phi) is 8.60. The molecule has 0 radical (unpaired) electrons. The summed E-state index contributed by atoms with van der Waals surface area (Å²) in [7, 11) is 1.07. The molecule has 41 heavy (non-hydrogen) atoms. The number of methoxy groups -OCH3 is 1. The molecule has 0 aliphatic rings. The van der Waals surface area contributed by atoms with Crippen LogP contribution in [0.3, 0.4) is 0 Å². The molecule has 3 rings (SSSR count). The molecule has 0 unspecified atom stereocenters. The smallest absolute Gasteiger partial charge is 0.465 e. The lowest BCUT2D eigenvalue weighted by Crippen LogP contribution is -2.34. The van der Waals surface area contributed by atoms with E-state index in [9.17, 15) is 35.9 Å². The second-order valence-electron chi connectivity index (χ2n) is 7.61. The number of aromatic nitrogens is 1. The van der Waals surface area contributed by atoms with Crippen molar-refractivity contribution in [3.05, 3.63) is 71.2 Å². The third-order valence-electron chi connectivity index (χ3n) is 4.68. The van der Waals surface area contributed by atoms with Crippen molar-refractivity contribution in [3.8, 4) is 23.0 Å². The molecule has 220 valence electrons. The number of halogens is 7. The van der Waals surface area contributed by atoms with E-state index in [-0.39, 0.29) is 17.4 Å². The number of aliphatic hydroxyl groups is 3. The number of hydrogen-bond acceptors (Lipinski definition) is 10. The van der Waals surface area contributed by atoms with Gasteiger partial charge in [-0.15, -0.1) is 13.2 Å². The second kappa shape index (κ2) is 11.4. The first-order valence-electron chi connectivity index (χ1n) is 10.6. The van der Waals surface area contributed by atoms with Gasteiger partial charge in [-0.3, -0.25) is 4.79 Å². The minimum absolute atomic E-state index is 0.0713. The number of esters is 1. The molecule has 18 heteroatoms. The van der Waals surface area contributed by atoms with Crippen LogP contribution in [0.5, 0.6) is 23.0 Å². The molecule has 4 N–H and O–H groups in total. The van der Waals surface area contributed by atoms with Gasteiger partial charge < -0.3 is 39.6 Å². The third-order valence-corrected chi connectivity index (χ3v) is 4.68. The number of nitrogens with zero attached hydrogens (tertiary/aromatic N) is 1. The largest absolute Gasteiger partial charge is 0.573 e. The quantitative estimate of drug-likeness (QED) is 0.171. The molecule has 0 atom stereocenters. The number of carbonyl (C=O) groups excluding carboxylic acids is 2. The standard InChI is InChI=1S/C23H15F7N2O9/c1-38-20(34)10-2-7-16(31-9-10)32-19(33)17-14(6-4-12(18(17)24)21(25,26)27)39-13-5-3-11(40-22(28,29)30)8-15(13)41-23(35,36)37/h2-9,35-37H,1H3,(H,31,32,33). The van der Waals surface area contributed by atoms with E-state index in [0.717, 1.165) is 25.4 Å². The predicted octanol–water partition coefficient (Wildman–Crippen LogP) is 3.94. The minimum atomic E-state index is -5.30. The summed E-state index contributed by atoms with van der Waals surface area (Å²) in [5.74, 6) is -8.86. The lowest BCUT2D eigenvalue weighted by molar-refractivity contribution is -0.419. The lowest BCUT2D eigenvalue weighted by Gasteiger charge is -2.20. The molecule has 0 aliphatic heterocycles. The van der Waals surface area contributed by atoms with Gasteiger partial charge in [0.05, 0.1) is 18.2 Å². The number of benzene rings is 2. The van der Waals surface area contributed by atoms with Crippen LogP contribution < -0.4 is 19.5 Å². The predicted molar refractivity (Wildman–Crippen MR) is 118 cm³/mol. The molecule has 0 spiro atoms. The second-order valence-corrected chi connectivity index (χ2v) is 7.61. The number of rotatable bonds is 8. The normalized spacial score (nSPS) is 12.0. The van der Waals surface area contributed by atoms with Crippen LogP contribution in [0.15, 0.2) is 48.7 Å². The molecule has 0 aliphatic carbocycles. The van der Waals surface area contributed by atoms with Crippen molar-refractivity contribution >= 4 is 17.7 Å². The highest BCUT2D eigenvalue weighted by Gasteiger charge is 2.38. The maximum absolute atomic E-state index is 15.1. The van der Waals surface area contributed by atoms with Crippen LogP contribution in [-0.4, -0.2) is 51.8 Å². The summed E-state index contributed by atoms with van der Waals surface area (Å²) in [5.41, 5.74) is -3.36. The Morgan fingerprint density at radius 1 is 0.878 bits per heavy atom. The van der Waals surface area contributed by atoms with Gasteiger partial charge in [-0.05, 0) is 36.4 Å². The average molecular weight is 596 g/mol. The van der Waals surface area contributed by atoms with Gasteiger partial charge in [-0.2, -0.15) is 13.2 Å². The summed E-state index contributed by atoms with van der Waals surface area (Å²) in [6, 6.07) is 4.32. The van der Waals surface area contributed by atoms with E-state index in [1.54, 1.807) is 0 Å². The average Bonchev–Trinajstić information content (AvgIpc) is 2.83. The van der Waals surface area contributed by atoms with Crippen LogP contribution in [0.2, 0.25) is 0 Å². The summed E-state index contributed by atoms with van der Waals surface area (Å²) in [6.07, 6.45) is -13.6. The summed E-state index contributed by atoms with van der Waals surface area (Å²) in [4.78, 5) is 28.1. The van der Waals surface area contributed by atoms with Crippen molar-refractivity contribution in [1.29, 1.82) is 0 Å². The van der Waals surface area contributed by atoms with Gasteiger partial charge in [-0.1, -0.05) is 0 Å². The Morgan fingerprint density at radius 3 is 2.07 bits per heavy atom. The Bertz CT molecular complexity index is 1440. The molecule has 1 amide bonds. The monoisotopic (exact) mass is 596 g/mol. The number of alkyl halides is 6. The first kappa shape index (κ1) is 30.9. The molecule has 0 saturated heterocycles. The van der Waals surface area contributed by atoms with Crippen molar-refractivity contribution in [2.75, 3.05) is 12.4 Å². The van der Waals surface area contributed by atoms with Crippen LogP contribution in [0.1, 0.15) is 26.3 Å². The lowest BCUT2D eigenvalue weighted by atomic mass is 10.1. The molecular formula is C23H15F7N2O9. The van der Waals surface area contributed by atoms with Gasteiger partial charge in [0.2, 0.25) is 0 Å². The van der Waals surface area contributed by atoms with Gasteiger partial charge >= 0.3 is 24.7 Å². The van der Waals surface area contributed by atoms with E-state index < -0.39 is 70.5 Å². The number of anilines is 1. The zero-order chi connectivity index (χ0) is 30.8. The fraction of sp³-hybridized carbons (Fsp3) is 0.174. The highest BCUT2D eigenvalue weighted by atomic mass is 19.4. The summed E-state index contributed by atoms with van der Waals surface area (Å²) < 4.78 is 111. The van der Waals surface area contributed by atoms with Crippen LogP contribution in [0, 0.1) is 5.82 Å². The van der Waals surface area contributed by atoms with Crippen molar-refractivity contribution in [1.82, 2.24) is 4.98 Å². The van der Waals surface area contributed by atoms with Crippen molar-refractivity contribution in [2.45, 2.75) is 18.7 Å². The van der Waals surface area contributed by atoms with Crippen LogP contribution in [-0.2, 0) is 10.9 Å². The first-order chi connectivity index (χ1) is 18.9. The number of ether oxygens (including phenoxy) is 4. The molecular weight excluding hydrogens is 581 g/mol. The highest BCUT2D eigenvalue weighted by Crippen LogP contribution is 2.41. The maximum atomic E-state index is 15.1. The van der Waals surface area contributed by atoms with Crippen molar-refractivity contribution in [3.63, 3.8) is 0 Å². The summed E-state index contributed by atoms with van der Waals surface area (Å²) >= 11 is 0. The number of amides is 1. The molecule has 0 bridgehead atoms. The fourth-order valence-corrected chi connectivity index (χ4v) is 3.07. The Hall–Kier alpha value is -4.68. The number of carbonyl (C=O) groups is 2. The minimum Gasteiger partial charge on any atom is -0.465 e. The van der Waals surface area contributed by atoms with E-state index in [1.165, 1.54) is 0 Å². The topological polar surface area (TPSA) is 157 Å². The molecule has 1 aromatic heterocycles. The van der Waals surface area contributed by atoms with Gasteiger partial charge in [-0.25, -0.2) is 14.2 Å². The van der Waals surface area contributed by atoms with E-state index in [4.69, 9.17) is 20.1 Å².